The summed E-state index contributed by atoms with van der Waals surface area (Å²) in [4.78, 5) is 31.4. The number of aryl methyl sites for hydroxylation is 1. The zero-order chi connectivity index (χ0) is 24.5. The molecule has 4 rings (SSSR count). The third-order valence-electron chi connectivity index (χ3n) is 5.35. The minimum atomic E-state index is -5.15. The van der Waals surface area contributed by atoms with Crippen molar-refractivity contribution in [3.63, 3.8) is 0 Å². The summed E-state index contributed by atoms with van der Waals surface area (Å²) < 4.78 is 55.6. The lowest BCUT2D eigenvalue weighted by molar-refractivity contribution is -0.189. The number of carbonyl (C=O) groups excluding carboxylic acids is 2. The summed E-state index contributed by atoms with van der Waals surface area (Å²) in [6.07, 6.45) is -5.15. The summed E-state index contributed by atoms with van der Waals surface area (Å²) in [7, 11) is 0. The quantitative estimate of drug-likeness (QED) is 0.445. The van der Waals surface area contributed by atoms with E-state index in [4.69, 9.17) is 0 Å². The van der Waals surface area contributed by atoms with Crippen LogP contribution in [0.1, 0.15) is 5.56 Å². The van der Waals surface area contributed by atoms with Crippen molar-refractivity contribution in [1.29, 1.82) is 0 Å². The SMILES string of the molecule is Cc1ccc2c(N3CCN(C(=O)Nc4ccc(F)cc4)CC3)cc(OC(=O)C(F)(F)F)nc2c1. The van der Waals surface area contributed by atoms with E-state index in [1.54, 1.807) is 17.0 Å². The summed E-state index contributed by atoms with van der Waals surface area (Å²) in [5, 5.41) is 3.38. The van der Waals surface area contributed by atoms with Gasteiger partial charge in [-0.1, -0.05) is 12.1 Å². The molecule has 1 aliphatic rings. The van der Waals surface area contributed by atoms with Gasteiger partial charge in [0.15, 0.2) is 0 Å². The van der Waals surface area contributed by atoms with Gasteiger partial charge in [-0.15, -0.1) is 0 Å². The van der Waals surface area contributed by atoms with E-state index in [1.807, 2.05) is 17.9 Å². The van der Waals surface area contributed by atoms with Gasteiger partial charge in [-0.05, 0) is 42.8 Å². The van der Waals surface area contributed by atoms with Crippen LogP contribution in [0.25, 0.3) is 10.9 Å². The van der Waals surface area contributed by atoms with E-state index in [9.17, 15) is 27.2 Å². The Kier molecular flexibility index (Phi) is 6.27. The number of hydrogen-bond acceptors (Lipinski definition) is 5. The number of rotatable bonds is 3. The Morgan fingerprint density at radius 3 is 2.32 bits per heavy atom. The Morgan fingerprint density at radius 2 is 1.68 bits per heavy atom. The van der Waals surface area contributed by atoms with Crippen molar-refractivity contribution >= 4 is 34.3 Å². The summed E-state index contributed by atoms with van der Waals surface area (Å²) >= 11 is 0. The van der Waals surface area contributed by atoms with Gasteiger partial charge in [0.1, 0.15) is 5.82 Å². The largest absolute Gasteiger partial charge is 0.491 e. The number of hydrogen-bond donors (Lipinski definition) is 1. The molecule has 0 spiro atoms. The van der Waals surface area contributed by atoms with E-state index >= 15 is 0 Å². The maximum atomic E-state index is 13.1. The lowest BCUT2D eigenvalue weighted by Gasteiger charge is -2.36. The molecule has 11 heteroatoms. The molecule has 178 valence electrons. The van der Waals surface area contributed by atoms with Crippen molar-refractivity contribution in [2.24, 2.45) is 0 Å². The van der Waals surface area contributed by atoms with Crippen LogP contribution < -0.4 is 15.0 Å². The van der Waals surface area contributed by atoms with Crippen molar-refractivity contribution in [2.75, 3.05) is 36.4 Å². The number of nitrogens with zero attached hydrogens (tertiary/aromatic N) is 3. The third-order valence-corrected chi connectivity index (χ3v) is 5.35. The van der Waals surface area contributed by atoms with Gasteiger partial charge < -0.3 is 19.9 Å². The molecular weight excluding hydrogens is 456 g/mol. The van der Waals surface area contributed by atoms with Crippen molar-refractivity contribution in [1.82, 2.24) is 9.88 Å². The number of piperazine rings is 1. The lowest BCUT2D eigenvalue weighted by Crippen LogP contribution is -2.50. The first-order chi connectivity index (χ1) is 16.1. The molecule has 1 N–H and O–H groups in total. The fourth-order valence-corrected chi connectivity index (χ4v) is 3.65. The molecule has 34 heavy (non-hydrogen) atoms. The number of alkyl halides is 3. The highest BCUT2D eigenvalue weighted by Crippen LogP contribution is 2.32. The van der Waals surface area contributed by atoms with Crippen LogP contribution in [0.5, 0.6) is 5.88 Å². The number of carbonyl (C=O) groups is 2. The second-order valence-corrected chi connectivity index (χ2v) is 7.80. The van der Waals surface area contributed by atoms with Gasteiger partial charge in [-0.2, -0.15) is 13.2 Å². The highest BCUT2D eigenvalue weighted by molar-refractivity contribution is 5.94. The first-order valence-corrected chi connectivity index (χ1v) is 10.4. The number of urea groups is 1. The topological polar surface area (TPSA) is 74.8 Å². The second kappa shape index (κ2) is 9.16. The summed E-state index contributed by atoms with van der Waals surface area (Å²) in [6.45, 7) is 3.25. The second-order valence-electron chi connectivity index (χ2n) is 7.80. The molecule has 0 aliphatic carbocycles. The van der Waals surface area contributed by atoms with Crippen LogP contribution in [0.15, 0.2) is 48.5 Å². The number of fused-ring (bicyclic) bond motifs is 1. The van der Waals surface area contributed by atoms with Crippen LogP contribution >= 0.6 is 0 Å². The minimum absolute atomic E-state index is 0.334. The maximum Gasteiger partial charge on any atom is 0.491 e. The number of halogens is 4. The monoisotopic (exact) mass is 476 g/mol. The number of esters is 1. The van der Waals surface area contributed by atoms with Gasteiger partial charge in [-0.25, -0.2) is 19.0 Å². The molecule has 0 saturated carbocycles. The number of aromatic nitrogens is 1. The van der Waals surface area contributed by atoms with E-state index in [0.717, 1.165) is 5.56 Å². The molecule has 2 aromatic carbocycles. The van der Waals surface area contributed by atoms with E-state index in [0.29, 0.717) is 48.5 Å². The Labute approximate surface area is 191 Å². The molecule has 3 aromatic rings. The fourth-order valence-electron chi connectivity index (χ4n) is 3.65. The van der Waals surface area contributed by atoms with E-state index in [-0.39, 0.29) is 6.03 Å². The number of ether oxygens (including phenoxy) is 1. The number of benzene rings is 2. The third kappa shape index (κ3) is 5.19. The molecule has 2 heterocycles. The molecule has 0 bridgehead atoms. The summed E-state index contributed by atoms with van der Waals surface area (Å²) in [6, 6.07) is 11.7. The van der Waals surface area contributed by atoms with Gasteiger partial charge >= 0.3 is 18.2 Å². The number of anilines is 2. The van der Waals surface area contributed by atoms with Crippen LogP contribution in [0.3, 0.4) is 0 Å². The molecule has 1 fully saturated rings. The number of amides is 2. The van der Waals surface area contributed by atoms with Crippen molar-refractivity contribution in [3.05, 3.63) is 59.9 Å². The Hall–Kier alpha value is -3.89. The van der Waals surface area contributed by atoms with Gasteiger partial charge in [0, 0.05) is 43.3 Å². The van der Waals surface area contributed by atoms with Gasteiger partial charge in [-0.3, -0.25) is 0 Å². The van der Waals surface area contributed by atoms with Crippen molar-refractivity contribution < 1.29 is 31.9 Å². The van der Waals surface area contributed by atoms with E-state index < -0.39 is 23.8 Å². The smallest absolute Gasteiger partial charge is 0.401 e. The van der Waals surface area contributed by atoms with Crippen LogP contribution in [0, 0.1) is 12.7 Å². The van der Waals surface area contributed by atoms with Crippen LogP contribution in [-0.2, 0) is 4.79 Å². The molecule has 0 atom stereocenters. The summed E-state index contributed by atoms with van der Waals surface area (Å²) in [5.41, 5.74) is 2.24. The van der Waals surface area contributed by atoms with Gasteiger partial charge in [0.25, 0.3) is 0 Å². The summed E-state index contributed by atoms with van der Waals surface area (Å²) in [5.74, 6) is -3.21. The Balaban J connectivity index is 1.52. The molecule has 2 amide bonds. The molecule has 1 saturated heterocycles. The number of pyridine rings is 1. The number of nitrogens with one attached hydrogen (secondary N) is 1. The Bertz CT molecular complexity index is 1220. The fraction of sp³-hybridized carbons (Fsp3) is 0.261. The van der Waals surface area contributed by atoms with Gasteiger partial charge in [0.05, 0.1) is 11.2 Å². The van der Waals surface area contributed by atoms with Gasteiger partial charge in [0.2, 0.25) is 5.88 Å². The lowest BCUT2D eigenvalue weighted by atomic mass is 10.1. The predicted molar refractivity (Wildman–Crippen MR) is 117 cm³/mol. The van der Waals surface area contributed by atoms with Crippen molar-refractivity contribution in [2.45, 2.75) is 13.1 Å². The predicted octanol–water partition coefficient (Wildman–Crippen LogP) is 4.50. The standard InChI is InChI=1S/C23H20F4N4O3/c1-14-2-7-17-18(12-14)29-20(34-21(32)23(25,26)27)13-19(17)30-8-10-31(11-9-30)22(33)28-16-5-3-15(24)4-6-16/h2-7,12-13H,8-11H2,1H3,(H,28,33). The average molecular weight is 476 g/mol. The molecule has 0 radical (unpaired) electrons. The molecule has 1 aromatic heterocycles. The average Bonchev–Trinajstić information content (AvgIpc) is 2.79. The van der Waals surface area contributed by atoms with Crippen LogP contribution in [0.2, 0.25) is 0 Å². The van der Waals surface area contributed by atoms with E-state index in [2.05, 4.69) is 15.0 Å². The zero-order valence-electron chi connectivity index (χ0n) is 18.0. The first-order valence-electron chi connectivity index (χ1n) is 10.4. The van der Waals surface area contributed by atoms with Crippen LogP contribution in [0.4, 0.5) is 33.7 Å². The van der Waals surface area contributed by atoms with E-state index in [1.165, 1.54) is 30.3 Å². The highest BCUT2D eigenvalue weighted by Gasteiger charge is 2.41. The maximum absolute atomic E-state index is 13.1. The molecule has 1 aliphatic heterocycles. The zero-order valence-corrected chi connectivity index (χ0v) is 18.0. The molecular formula is C23H20F4N4O3. The van der Waals surface area contributed by atoms with Crippen LogP contribution in [-0.4, -0.2) is 54.2 Å². The first kappa shape index (κ1) is 23.3. The molecule has 7 nitrogen and oxygen atoms in total. The van der Waals surface area contributed by atoms with Crippen molar-refractivity contribution in [3.8, 4) is 5.88 Å². The Morgan fingerprint density at radius 1 is 1.00 bits per heavy atom. The minimum Gasteiger partial charge on any atom is -0.401 e. The normalized spacial score (nSPS) is 14.3. The highest BCUT2D eigenvalue weighted by atomic mass is 19.4. The molecule has 0 unspecified atom stereocenters.